The van der Waals surface area contributed by atoms with Crippen LogP contribution >= 0.6 is 11.6 Å². The van der Waals surface area contributed by atoms with Crippen LogP contribution in [0.1, 0.15) is 15.9 Å². The van der Waals surface area contributed by atoms with Crippen LogP contribution in [0.25, 0.3) is 0 Å². The van der Waals surface area contributed by atoms with Gasteiger partial charge in [0.05, 0.1) is 5.56 Å². The highest BCUT2D eigenvalue weighted by molar-refractivity contribution is 6.31. The van der Waals surface area contributed by atoms with E-state index in [1.165, 1.54) is 18.3 Å². The van der Waals surface area contributed by atoms with Gasteiger partial charge >= 0.3 is 0 Å². The number of halogens is 2. The van der Waals surface area contributed by atoms with E-state index in [-0.39, 0.29) is 11.7 Å². The first-order chi connectivity index (χ1) is 9.58. The molecule has 1 aromatic carbocycles. The number of aromatic nitrogens is 1. The molecule has 0 atom stereocenters. The fourth-order valence-electron chi connectivity index (χ4n) is 1.82. The Morgan fingerprint density at radius 3 is 2.85 bits per heavy atom. The van der Waals surface area contributed by atoms with Crippen LogP contribution in [0.15, 0.2) is 42.7 Å². The van der Waals surface area contributed by atoms with Gasteiger partial charge in [-0.25, -0.2) is 4.39 Å². The van der Waals surface area contributed by atoms with Crippen molar-refractivity contribution in [1.82, 2.24) is 9.88 Å². The second-order valence-electron chi connectivity index (χ2n) is 4.45. The monoisotopic (exact) mass is 292 g/mol. The highest BCUT2D eigenvalue weighted by atomic mass is 35.5. The Kier molecular flexibility index (Phi) is 4.69. The molecule has 0 fully saturated rings. The minimum absolute atomic E-state index is 0.101. The molecule has 0 unspecified atom stereocenters. The molecule has 1 amide bonds. The summed E-state index contributed by atoms with van der Waals surface area (Å²) in [5.74, 6) is -0.463. The van der Waals surface area contributed by atoms with E-state index < -0.39 is 0 Å². The van der Waals surface area contributed by atoms with Crippen molar-refractivity contribution < 1.29 is 9.18 Å². The van der Waals surface area contributed by atoms with Crippen LogP contribution in [0.2, 0.25) is 5.02 Å². The Labute approximate surface area is 122 Å². The van der Waals surface area contributed by atoms with Crippen molar-refractivity contribution in [3.63, 3.8) is 0 Å². The van der Waals surface area contributed by atoms with Gasteiger partial charge in [-0.1, -0.05) is 17.7 Å². The predicted octanol–water partition coefficient (Wildman–Crippen LogP) is 3.19. The van der Waals surface area contributed by atoms with E-state index in [1.807, 2.05) is 0 Å². The summed E-state index contributed by atoms with van der Waals surface area (Å²) in [6, 6.07) is 7.72. The molecule has 5 heteroatoms. The largest absolute Gasteiger partial charge is 0.341 e. The lowest BCUT2D eigenvalue weighted by molar-refractivity contribution is 0.0796. The molecular formula is C15H14ClFN2O. The molecule has 104 valence electrons. The maximum absolute atomic E-state index is 12.9. The molecule has 0 spiro atoms. The number of pyridine rings is 1. The van der Waals surface area contributed by atoms with Crippen LogP contribution in [0.5, 0.6) is 0 Å². The Morgan fingerprint density at radius 1 is 1.40 bits per heavy atom. The van der Waals surface area contributed by atoms with Crippen molar-refractivity contribution in [2.45, 2.75) is 6.42 Å². The average Bonchev–Trinajstić information content (AvgIpc) is 2.46. The normalized spacial score (nSPS) is 10.3. The van der Waals surface area contributed by atoms with Gasteiger partial charge in [-0.15, -0.1) is 0 Å². The van der Waals surface area contributed by atoms with E-state index in [9.17, 15) is 9.18 Å². The Bertz CT molecular complexity index is 604. The molecule has 2 rings (SSSR count). The van der Waals surface area contributed by atoms with Crippen molar-refractivity contribution in [3.8, 4) is 0 Å². The van der Waals surface area contributed by atoms with Gasteiger partial charge in [-0.05, 0) is 36.2 Å². The van der Waals surface area contributed by atoms with Gasteiger partial charge in [0, 0.05) is 31.0 Å². The van der Waals surface area contributed by atoms with Crippen molar-refractivity contribution in [2.75, 3.05) is 13.6 Å². The van der Waals surface area contributed by atoms with Gasteiger partial charge in [-0.2, -0.15) is 0 Å². The minimum atomic E-state index is -0.362. The SMILES string of the molecule is CN(CCc1ccc(F)cc1Cl)C(=O)c1cccnc1. The van der Waals surface area contributed by atoms with Crippen LogP contribution in [0.3, 0.4) is 0 Å². The average molecular weight is 293 g/mol. The number of benzene rings is 1. The maximum Gasteiger partial charge on any atom is 0.255 e. The van der Waals surface area contributed by atoms with Crippen molar-refractivity contribution >= 4 is 17.5 Å². The summed E-state index contributed by atoms with van der Waals surface area (Å²) < 4.78 is 12.9. The topological polar surface area (TPSA) is 33.2 Å². The second-order valence-corrected chi connectivity index (χ2v) is 4.86. The zero-order valence-corrected chi connectivity index (χ0v) is 11.8. The number of likely N-dealkylation sites (N-methyl/N-ethyl adjacent to an activating group) is 1. The predicted molar refractivity (Wildman–Crippen MR) is 76.3 cm³/mol. The molecule has 0 N–H and O–H groups in total. The molecule has 3 nitrogen and oxygen atoms in total. The van der Waals surface area contributed by atoms with Gasteiger partial charge in [0.15, 0.2) is 0 Å². The summed E-state index contributed by atoms with van der Waals surface area (Å²) in [5.41, 5.74) is 1.36. The lowest BCUT2D eigenvalue weighted by Crippen LogP contribution is -2.28. The maximum atomic E-state index is 12.9. The Morgan fingerprint density at radius 2 is 2.20 bits per heavy atom. The first kappa shape index (κ1) is 14.5. The number of amides is 1. The quantitative estimate of drug-likeness (QED) is 0.867. The van der Waals surface area contributed by atoms with E-state index >= 15 is 0 Å². The summed E-state index contributed by atoms with van der Waals surface area (Å²) in [6.07, 6.45) is 3.72. The molecule has 0 aliphatic heterocycles. The highest BCUT2D eigenvalue weighted by Gasteiger charge is 2.12. The molecular weight excluding hydrogens is 279 g/mol. The van der Waals surface area contributed by atoms with Crippen LogP contribution in [-0.2, 0) is 6.42 Å². The van der Waals surface area contributed by atoms with Gasteiger partial charge in [0.25, 0.3) is 5.91 Å². The molecule has 0 radical (unpaired) electrons. The number of carbonyl (C=O) groups excluding carboxylic acids is 1. The number of nitrogens with zero attached hydrogens (tertiary/aromatic N) is 2. The third-order valence-electron chi connectivity index (χ3n) is 2.99. The molecule has 20 heavy (non-hydrogen) atoms. The third-order valence-corrected chi connectivity index (χ3v) is 3.34. The molecule has 0 aliphatic carbocycles. The summed E-state index contributed by atoms with van der Waals surface area (Å²) in [7, 11) is 1.72. The van der Waals surface area contributed by atoms with E-state index in [0.29, 0.717) is 23.6 Å². The first-order valence-corrected chi connectivity index (χ1v) is 6.55. The van der Waals surface area contributed by atoms with Crippen molar-refractivity contribution in [3.05, 3.63) is 64.7 Å². The summed E-state index contributed by atoms with van der Waals surface area (Å²) in [4.78, 5) is 17.6. The lowest BCUT2D eigenvalue weighted by atomic mass is 10.1. The van der Waals surface area contributed by atoms with Crippen molar-refractivity contribution in [2.24, 2.45) is 0 Å². The van der Waals surface area contributed by atoms with Crippen LogP contribution in [0, 0.1) is 5.82 Å². The Hall–Kier alpha value is -1.94. The molecule has 0 aliphatic rings. The number of hydrogen-bond acceptors (Lipinski definition) is 2. The second kappa shape index (κ2) is 6.48. The smallest absolute Gasteiger partial charge is 0.255 e. The highest BCUT2D eigenvalue weighted by Crippen LogP contribution is 2.18. The number of hydrogen-bond donors (Lipinski definition) is 0. The van der Waals surface area contributed by atoms with Gasteiger partial charge in [0.2, 0.25) is 0 Å². The number of carbonyl (C=O) groups is 1. The van der Waals surface area contributed by atoms with E-state index in [0.717, 1.165) is 5.56 Å². The molecule has 0 saturated heterocycles. The third kappa shape index (κ3) is 3.54. The fourth-order valence-corrected chi connectivity index (χ4v) is 2.09. The van der Waals surface area contributed by atoms with Crippen LogP contribution in [-0.4, -0.2) is 29.4 Å². The number of rotatable bonds is 4. The molecule has 1 aromatic heterocycles. The summed E-state index contributed by atoms with van der Waals surface area (Å²) in [5, 5.41) is 0.382. The first-order valence-electron chi connectivity index (χ1n) is 6.17. The zero-order valence-electron chi connectivity index (χ0n) is 11.0. The van der Waals surface area contributed by atoms with Gasteiger partial charge < -0.3 is 4.90 Å². The van der Waals surface area contributed by atoms with Crippen LogP contribution in [0.4, 0.5) is 4.39 Å². The summed E-state index contributed by atoms with van der Waals surface area (Å²) >= 11 is 5.96. The molecule has 0 bridgehead atoms. The standard InChI is InChI=1S/C15H14ClFN2O/c1-19(15(20)12-3-2-7-18-10-12)8-6-11-4-5-13(17)9-14(11)16/h2-5,7,9-10H,6,8H2,1H3. The van der Waals surface area contributed by atoms with E-state index in [1.54, 1.807) is 36.3 Å². The van der Waals surface area contributed by atoms with E-state index in [4.69, 9.17) is 11.6 Å². The summed E-state index contributed by atoms with van der Waals surface area (Å²) in [6.45, 7) is 0.499. The lowest BCUT2D eigenvalue weighted by Gasteiger charge is -2.17. The van der Waals surface area contributed by atoms with E-state index in [2.05, 4.69) is 4.98 Å². The molecule has 0 saturated carbocycles. The minimum Gasteiger partial charge on any atom is -0.341 e. The van der Waals surface area contributed by atoms with Crippen LogP contribution < -0.4 is 0 Å². The zero-order chi connectivity index (χ0) is 14.5. The molecule has 1 heterocycles. The fraction of sp³-hybridized carbons (Fsp3) is 0.200. The molecule has 2 aromatic rings. The van der Waals surface area contributed by atoms with Gasteiger partial charge in [0.1, 0.15) is 5.82 Å². The Balaban J connectivity index is 1.98. The van der Waals surface area contributed by atoms with Crippen molar-refractivity contribution in [1.29, 1.82) is 0 Å². The van der Waals surface area contributed by atoms with Gasteiger partial charge in [-0.3, -0.25) is 9.78 Å².